The smallest absolute Gasteiger partial charge is 0.328 e. The molecule has 3 rings (SSSR count). The third-order valence-electron chi connectivity index (χ3n) is 5.37. The van der Waals surface area contributed by atoms with E-state index in [0.717, 1.165) is 0 Å². The molecule has 0 bridgehead atoms. The van der Waals surface area contributed by atoms with Crippen molar-refractivity contribution in [3.8, 4) is 0 Å². The van der Waals surface area contributed by atoms with Gasteiger partial charge in [0.15, 0.2) is 12.1 Å². The minimum atomic E-state index is -0.963. The first-order valence-electron chi connectivity index (χ1n) is 10.2. The van der Waals surface area contributed by atoms with E-state index in [1.165, 1.54) is 16.9 Å². The van der Waals surface area contributed by atoms with Gasteiger partial charge in [0.2, 0.25) is 0 Å². The summed E-state index contributed by atoms with van der Waals surface area (Å²) in [6.07, 6.45) is -2.38. The zero-order chi connectivity index (χ0) is 22.4. The highest BCUT2D eigenvalue weighted by atomic mass is 16.8. The molecule has 0 aromatic heterocycles. The number of ether oxygens (including phenoxy) is 5. The fourth-order valence-electron chi connectivity index (χ4n) is 4.21. The molecular weight excluding hydrogens is 396 g/mol. The van der Waals surface area contributed by atoms with Crippen LogP contribution in [-0.4, -0.2) is 89.9 Å². The summed E-state index contributed by atoms with van der Waals surface area (Å²) < 4.78 is 28.2. The second kappa shape index (κ2) is 8.07. The average Bonchev–Trinajstić information content (AvgIpc) is 3.17. The van der Waals surface area contributed by atoms with E-state index in [4.69, 9.17) is 23.7 Å². The van der Waals surface area contributed by atoms with E-state index in [1.54, 1.807) is 41.5 Å². The molecule has 1 unspecified atom stereocenters. The van der Waals surface area contributed by atoms with Gasteiger partial charge < -0.3 is 28.6 Å². The summed E-state index contributed by atoms with van der Waals surface area (Å²) in [5.41, 5.74) is -0.737. The van der Waals surface area contributed by atoms with Crippen LogP contribution in [0.3, 0.4) is 0 Å². The highest BCUT2D eigenvalue weighted by Gasteiger charge is 2.58. The summed E-state index contributed by atoms with van der Waals surface area (Å²) in [4.78, 5) is 41.0. The molecule has 3 fully saturated rings. The largest absolute Gasteiger partial charge is 0.466 e. The third-order valence-corrected chi connectivity index (χ3v) is 5.37. The fourth-order valence-corrected chi connectivity index (χ4v) is 4.21. The summed E-state index contributed by atoms with van der Waals surface area (Å²) >= 11 is 0. The number of nitrogens with zero attached hydrogens (tertiary/aromatic N) is 2. The molecule has 3 heterocycles. The minimum Gasteiger partial charge on any atom is -0.466 e. The quantitative estimate of drug-likeness (QED) is 0.460. The average molecular weight is 428 g/mol. The van der Waals surface area contributed by atoms with Crippen LogP contribution < -0.4 is 0 Å². The van der Waals surface area contributed by atoms with Gasteiger partial charge >= 0.3 is 12.0 Å². The number of hydrogen-bond acceptors (Lipinski definition) is 8. The van der Waals surface area contributed by atoms with Crippen LogP contribution in [0.25, 0.3) is 0 Å². The Morgan fingerprint density at radius 3 is 2.37 bits per heavy atom. The molecule has 10 heteroatoms. The molecule has 10 nitrogen and oxygen atoms in total. The van der Waals surface area contributed by atoms with Crippen LogP contribution in [0.15, 0.2) is 0 Å². The molecule has 3 aliphatic heterocycles. The normalized spacial score (nSPS) is 33.4. The van der Waals surface area contributed by atoms with Crippen LogP contribution in [0.1, 0.15) is 48.0 Å². The maximum atomic E-state index is 13.2. The molecule has 3 saturated heterocycles. The molecule has 0 spiro atoms. The summed E-state index contributed by atoms with van der Waals surface area (Å²) in [7, 11) is 1.51. The number of rotatable bonds is 6. The predicted octanol–water partition coefficient (Wildman–Crippen LogP) is 1.26. The van der Waals surface area contributed by atoms with Gasteiger partial charge in [-0.05, 0) is 41.5 Å². The topological polar surface area (TPSA) is 104 Å². The summed E-state index contributed by atoms with van der Waals surface area (Å²) in [6, 6.07) is -1.43. The van der Waals surface area contributed by atoms with Crippen molar-refractivity contribution < 1.29 is 38.1 Å². The number of hydrogen-bond donors (Lipinski definition) is 0. The second-order valence-corrected chi connectivity index (χ2v) is 9.15. The maximum Gasteiger partial charge on any atom is 0.328 e. The van der Waals surface area contributed by atoms with Crippen molar-refractivity contribution in [1.82, 2.24) is 9.80 Å². The molecule has 0 saturated carbocycles. The lowest BCUT2D eigenvalue weighted by Gasteiger charge is -2.30. The van der Waals surface area contributed by atoms with Gasteiger partial charge in [0.05, 0.1) is 19.6 Å². The second-order valence-electron chi connectivity index (χ2n) is 9.15. The first kappa shape index (κ1) is 22.9. The number of carbonyl (C=O) groups excluding carboxylic acids is 3. The van der Waals surface area contributed by atoms with E-state index in [2.05, 4.69) is 0 Å². The van der Waals surface area contributed by atoms with E-state index < -0.39 is 59.9 Å². The predicted molar refractivity (Wildman–Crippen MR) is 103 cm³/mol. The lowest BCUT2D eigenvalue weighted by atomic mass is 10.1. The molecule has 0 aliphatic carbocycles. The van der Waals surface area contributed by atoms with Gasteiger partial charge in [-0.15, -0.1) is 0 Å². The number of imide groups is 1. The van der Waals surface area contributed by atoms with E-state index >= 15 is 0 Å². The van der Waals surface area contributed by atoms with Crippen LogP contribution >= 0.6 is 0 Å². The Morgan fingerprint density at radius 1 is 1.17 bits per heavy atom. The van der Waals surface area contributed by atoms with E-state index in [1.807, 2.05) is 0 Å². The Bertz CT molecular complexity index is 703. The lowest BCUT2D eigenvalue weighted by Crippen LogP contribution is -2.48. The Hall–Kier alpha value is -1.75. The Morgan fingerprint density at radius 2 is 1.80 bits per heavy atom. The highest BCUT2D eigenvalue weighted by molar-refractivity contribution is 6.06. The van der Waals surface area contributed by atoms with Crippen LogP contribution in [0.2, 0.25) is 0 Å². The fraction of sp³-hybridized carbons (Fsp3) is 0.850. The van der Waals surface area contributed by atoms with Crippen molar-refractivity contribution >= 4 is 17.9 Å². The Kier molecular flexibility index (Phi) is 6.16. The van der Waals surface area contributed by atoms with Crippen molar-refractivity contribution in [3.63, 3.8) is 0 Å². The molecule has 0 aromatic rings. The first-order valence-corrected chi connectivity index (χ1v) is 10.2. The van der Waals surface area contributed by atoms with Crippen LogP contribution in [0.5, 0.6) is 0 Å². The number of methoxy groups -OCH3 is 1. The molecule has 0 radical (unpaired) electrons. The van der Waals surface area contributed by atoms with Gasteiger partial charge in [-0.3, -0.25) is 14.5 Å². The van der Waals surface area contributed by atoms with Crippen molar-refractivity contribution in [1.29, 1.82) is 0 Å². The standard InChI is InChI=1S/C20H32N2O8/c1-8-27-13(23)9-11-16(24)22(19(2,3)4)18(25)21(11)10-12-14-15(17(26-7)28-12)30-20(5,6)29-14/h11-12,14-15,17H,8-10H2,1-7H3/t11?,12-,14-,15-,17-/m1/s1. The van der Waals surface area contributed by atoms with Crippen molar-refractivity contribution in [3.05, 3.63) is 0 Å². The zero-order valence-electron chi connectivity index (χ0n) is 18.7. The Labute approximate surface area is 176 Å². The van der Waals surface area contributed by atoms with Crippen LogP contribution in [-0.2, 0) is 33.3 Å². The maximum absolute atomic E-state index is 13.2. The van der Waals surface area contributed by atoms with E-state index in [9.17, 15) is 14.4 Å². The van der Waals surface area contributed by atoms with Gasteiger partial charge in [-0.25, -0.2) is 4.79 Å². The lowest BCUT2D eigenvalue weighted by molar-refractivity contribution is -0.227. The summed E-state index contributed by atoms with van der Waals surface area (Å²) in [5.74, 6) is -1.78. The van der Waals surface area contributed by atoms with Crippen molar-refractivity contribution in [2.45, 2.75) is 89.9 Å². The van der Waals surface area contributed by atoms with Gasteiger partial charge in [-0.1, -0.05) is 0 Å². The molecule has 170 valence electrons. The molecule has 0 N–H and O–H groups in total. The molecule has 30 heavy (non-hydrogen) atoms. The van der Waals surface area contributed by atoms with E-state index in [0.29, 0.717) is 0 Å². The van der Waals surface area contributed by atoms with Crippen LogP contribution in [0.4, 0.5) is 4.79 Å². The van der Waals surface area contributed by atoms with Gasteiger partial charge in [-0.2, -0.15) is 0 Å². The number of fused-ring (bicyclic) bond motifs is 1. The number of esters is 1. The summed E-state index contributed by atoms with van der Waals surface area (Å²) in [6.45, 7) is 10.8. The zero-order valence-corrected chi connectivity index (χ0v) is 18.7. The number of carbonyl (C=O) groups is 3. The van der Waals surface area contributed by atoms with Crippen molar-refractivity contribution in [2.24, 2.45) is 0 Å². The Balaban J connectivity index is 1.84. The highest BCUT2D eigenvalue weighted by Crippen LogP contribution is 2.40. The first-order chi connectivity index (χ1) is 13.9. The third kappa shape index (κ3) is 4.18. The van der Waals surface area contributed by atoms with Gasteiger partial charge in [0.25, 0.3) is 5.91 Å². The molecule has 3 aliphatic rings. The van der Waals surface area contributed by atoms with Crippen molar-refractivity contribution in [2.75, 3.05) is 20.3 Å². The molecule has 3 amide bonds. The SMILES string of the molecule is CCOC(=O)CC1C(=O)N(C(C)(C)C)C(=O)N1C[C@H]1O[C@@H](OC)[C@@H]2OC(C)(C)O[C@@H]21. The van der Waals surface area contributed by atoms with Gasteiger partial charge in [0, 0.05) is 12.6 Å². The minimum absolute atomic E-state index is 0.0572. The van der Waals surface area contributed by atoms with Gasteiger partial charge in [0.1, 0.15) is 24.4 Å². The molecule has 5 atom stereocenters. The monoisotopic (exact) mass is 428 g/mol. The van der Waals surface area contributed by atoms with E-state index in [-0.39, 0.29) is 19.6 Å². The number of amides is 3. The number of urea groups is 1. The molecular formula is C20H32N2O8. The van der Waals surface area contributed by atoms with Crippen LogP contribution in [0, 0.1) is 0 Å². The molecule has 0 aromatic carbocycles. The summed E-state index contributed by atoms with van der Waals surface area (Å²) in [5, 5.41) is 0.